The van der Waals surface area contributed by atoms with Gasteiger partial charge >= 0.3 is 5.97 Å². The lowest BCUT2D eigenvalue weighted by atomic mass is 10.0. The van der Waals surface area contributed by atoms with E-state index in [0.717, 1.165) is 13.8 Å². The van der Waals surface area contributed by atoms with Crippen LogP contribution in [-0.2, 0) is 102 Å². The summed E-state index contributed by atoms with van der Waals surface area (Å²) in [4.78, 5) is 217. The standard InChI is InChI=1S/C75H105N17O24S/c1-38(2)60(73(113)89-56(36-96)75(115)116)91-59(101)32-79-64(104)49(30-44-20-24-46(99)25-21-44)83-72(112)57(37-117)90-65(105)48(17-11-12-26-76)81-66(106)51(29-42-15-9-6-10-16-42)85-74(114)61(40(4)97)92-71(111)55(35-95)88-67(107)50(28-41-13-7-5-8-14-41)84-70(110)54(34-94)86-62(102)39(3)80-69(109)53(33-93)87-68(108)52(31-58(78)100)82-63(103)47(77)27-43-18-22-45(98)23-19-43/h5-10,13-16,18-25,38-40,47-57,60-61,93-99,117H,11-12,17,26-37,76-77H2,1-4H3,(H2,78,100)(H,79,104)(H,80,109)(H,81,106)(H,82,103)(H,83,112)(H,84,110)(H,85,114)(H,86,102)(H,87,108)(H,88,107)(H,89,113)(H,90,105)(H,91,101)(H,92,111)(H,115,116)/t39-,40+,47-,48-,49-,50-,51-,52-,53-,54-,55-,56-,57-,60-,61-/m0/s1. The monoisotopic (exact) mass is 1660 g/mol. The molecule has 0 saturated carbocycles. The van der Waals surface area contributed by atoms with Crippen molar-refractivity contribution in [3.8, 4) is 11.5 Å². The fourth-order valence-electron chi connectivity index (χ4n) is 11.1. The second kappa shape index (κ2) is 49.8. The molecule has 0 spiro atoms. The molecule has 0 aliphatic carbocycles. The summed E-state index contributed by atoms with van der Waals surface area (Å²) in [6, 6.07) is 3.73. The van der Waals surface area contributed by atoms with Crippen molar-refractivity contribution in [2.45, 2.75) is 170 Å². The molecule has 0 radical (unpaired) electrons. The van der Waals surface area contributed by atoms with Crippen molar-refractivity contribution in [3.05, 3.63) is 131 Å². The summed E-state index contributed by atoms with van der Waals surface area (Å²) in [5, 5.41) is 113. The van der Waals surface area contributed by atoms with Gasteiger partial charge in [0.2, 0.25) is 88.6 Å². The molecular formula is C75H105N17O24S. The van der Waals surface area contributed by atoms with E-state index in [1.807, 2.05) is 0 Å². The summed E-state index contributed by atoms with van der Waals surface area (Å²) in [6.07, 6.45) is -3.24. The number of nitrogens with two attached hydrogens (primary N) is 3. The lowest BCUT2D eigenvalue weighted by molar-refractivity contribution is -0.143. The molecule has 0 aromatic heterocycles. The average molecular weight is 1660 g/mol. The Hall–Kier alpha value is -11.9. The largest absolute Gasteiger partial charge is 0.508 e. The number of primary amides is 1. The smallest absolute Gasteiger partial charge is 0.328 e. The van der Waals surface area contributed by atoms with E-state index in [1.54, 1.807) is 60.7 Å². The Bertz CT molecular complexity index is 4020. The Balaban J connectivity index is 1.50. The number of carboxylic acid groups (broad SMARTS) is 1. The number of hydrogen-bond acceptors (Lipinski definition) is 26. The highest BCUT2D eigenvalue weighted by molar-refractivity contribution is 7.80. The minimum absolute atomic E-state index is 0.0552. The van der Waals surface area contributed by atoms with Gasteiger partial charge in [0, 0.05) is 25.0 Å². The molecule has 28 N–H and O–H groups in total. The molecule has 42 heteroatoms. The van der Waals surface area contributed by atoms with Gasteiger partial charge in [0.25, 0.3) is 0 Å². The zero-order valence-electron chi connectivity index (χ0n) is 64.5. The van der Waals surface area contributed by atoms with Crippen LogP contribution in [0.3, 0.4) is 0 Å². The Morgan fingerprint density at radius 2 is 0.744 bits per heavy atom. The Kier molecular flexibility index (Phi) is 41.4. The maximum Gasteiger partial charge on any atom is 0.328 e. The molecule has 0 fully saturated rings. The minimum atomic E-state index is -1.99. The minimum Gasteiger partial charge on any atom is -0.508 e. The van der Waals surface area contributed by atoms with Crippen LogP contribution in [0.2, 0.25) is 0 Å². The topological polar surface area (TPSA) is 681 Å². The number of amides is 15. The lowest BCUT2D eigenvalue weighted by Gasteiger charge is -2.28. The summed E-state index contributed by atoms with van der Waals surface area (Å²) in [7, 11) is 0. The molecule has 41 nitrogen and oxygen atoms in total. The maximum absolute atomic E-state index is 14.7. The lowest BCUT2D eigenvalue weighted by Crippen LogP contribution is -2.63. The van der Waals surface area contributed by atoms with E-state index in [1.165, 1.54) is 62.4 Å². The van der Waals surface area contributed by atoms with Crippen LogP contribution in [-0.4, -0.2) is 271 Å². The van der Waals surface area contributed by atoms with Gasteiger partial charge < -0.3 is 132 Å². The van der Waals surface area contributed by atoms with Gasteiger partial charge in [-0.2, -0.15) is 12.6 Å². The van der Waals surface area contributed by atoms with Crippen LogP contribution in [0.15, 0.2) is 109 Å². The van der Waals surface area contributed by atoms with E-state index in [4.69, 9.17) is 17.2 Å². The number of nitrogens with one attached hydrogen (secondary N) is 14. The number of aliphatic hydroxyl groups is 5. The van der Waals surface area contributed by atoms with Crippen LogP contribution in [0.4, 0.5) is 0 Å². The number of hydrogen-bond donors (Lipinski definition) is 26. The highest BCUT2D eigenvalue weighted by Crippen LogP contribution is 2.16. The molecule has 640 valence electrons. The van der Waals surface area contributed by atoms with Crippen LogP contribution in [0.25, 0.3) is 0 Å². The number of benzene rings is 4. The molecule has 0 bridgehead atoms. The quantitative estimate of drug-likeness (QED) is 0.0144. The average Bonchev–Trinajstić information content (AvgIpc) is 0.861. The van der Waals surface area contributed by atoms with E-state index in [-0.39, 0.29) is 56.6 Å². The predicted octanol–water partition coefficient (Wildman–Crippen LogP) is -8.84. The molecule has 0 saturated heterocycles. The second-order valence-electron chi connectivity index (χ2n) is 27.5. The zero-order valence-corrected chi connectivity index (χ0v) is 65.4. The maximum atomic E-state index is 14.7. The number of unbranched alkanes of at least 4 members (excludes halogenated alkanes) is 1. The predicted molar refractivity (Wildman–Crippen MR) is 419 cm³/mol. The number of aromatic hydroxyl groups is 2. The third-order valence-electron chi connectivity index (χ3n) is 17.8. The van der Waals surface area contributed by atoms with Gasteiger partial charge in [-0.15, -0.1) is 0 Å². The first-order valence-corrected chi connectivity index (χ1v) is 37.6. The first-order valence-electron chi connectivity index (χ1n) is 37.0. The van der Waals surface area contributed by atoms with E-state index < -0.39 is 236 Å². The molecule has 4 aromatic carbocycles. The summed E-state index contributed by atoms with van der Waals surface area (Å²) in [5.41, 5.74) is 18.9. The molecule has 0 heterocycles. The van der Waals surface area contributed by atoms with Crippen LogP contribution < -0.4 is 91.6 Å². The molecule has 0 aliphatic heterocycles. The van der Waals surface area contributed by atoms with E-state index in [9.17, 15) is 118 Å². The Morgan fingerprint density at radius 1 is 0.385 bits per heavy atom. The van der Waals surface area contributed by atoms with Crippen LogP contribution >= 0.6 is 12.6 Å². The number of rotatable bonds is 50. The molecule has 4 rings (SSSR count). The highest BCUT2D eigenvalue weighted by atomic mass is 32.1. The van der Waals surface area contributed by atoms with Gasteiger partial charge in [0.05, 0.1) is 51.5 Å². The molecule has 0 aliphatic rings. The van der Waals surface area contributed by atoms with Gasteiger partial charge in [0.1, 0.15) is 90.0 Å². The number of carbonyl (C=O) groups excluding carboxylic acids is 15. The molecule has 15 atom stereocenters. The van der Waals surface area contributed by atoms with Crippen molar-refractivity contribution in [2.75, 3.05) is 45.3 Å². The van der Waals surface area contributed by atoms with Crippen LogP contribution in [0, 0.1) is 5.92 Å². The summed E-state index contributed by atoms with van der Waals surface area (Å²) >= 11 is 4.29. The van der Waals surface area contributed by atoms with Crippen molar-refractivity contribution >= 4 is 107 Å². The van der Waals surface area contributed by atoms with Crippen LogP contribution in [0.1, 0.15) is 75.6 Å². The van der Waals surface area contributed by atoms with Crippen LogP contribution in [0.5, 0.6) is 11.5 Å². The zero-order chi connectivity index (χ0) is 87.2. The second-order valence-corrected chi connectivity index (χ2v) is 27.9. The van der Waals surface area contributed by atoms with E-state index >= 15 is 0 Å². The number of aliphatic carboxylic acids is 1. The number of aliphatic hydroxyl groups excluding tert-OH is 5. The van der Waals surface area contributed by atoms with Crippen molar-refractivity contribution in [2.24, 2.45) is 23.1 Å². The first-order chi connectivity index (χ1) is 55.4. The summed E-state index contributed by atoms with van der Waals surface area (Å²) in [6.45, 7) is 0.178. The normalized spacial score (nSPS) is 14.9. The summed E-state index contributed by atoms with van der Waals surface area (Å²) < 4.78 is 0. The van der Waals surface area contributed by atoms with Crippen molar-refractivity contribution in [3.63, 3.8) is 0 Å². The van der Waals surface area contributed by atoms with Crippen molar-refractivity contribution < 1.29 is 118 Å². The molecular weight excluding hydrogens is 1550 g/mol. The SMILES string of the molecule is CC(C)[C@H](NC(=O)CNC(=O)[C@H](Cc1ccc(O)cc1)NC(=O)[C@H](CS)NC(=O)[C@H](CCCCN)NC(=O)[C@H](Cc1ccccc1)NC(=O)[C@@H](NC(=O)[C@H](CO)NC(=O)[C@H](Cc1ccccc1)NC(=O)[C@H](CO)NC(=O)[C@H](C)NC(=O)[C@H](CO)NC(=O)[C@H](CC(N)=O)NC(=O)[C@@H](N)Cc1ccc(O)cc1)[C@@H](C)O)C(=O)N[C@@H](CO)C(=O)O. The van der Waals surface area contributed by atoms with Gasteiger partial charge in [-0.1, -0.05) is 98.8 Å². The molecule has 15 amide bonds. The highest BCUT2D eigenvalue weighted by Gasteiger charge is 2.39. The molecule has 117 heavy (non-hydrogen) atoms. The first kappa shape index (κ1) is 97.4. The van der Waals surface area contributed by atoms with E-state index in [0.29, 0.717) is 28.7 Å². The number of thiol groups is 1. The van der Waals surface area contributed by atoms with Crippen molar-refractivity contribution in [1.82, 2.24) is 74.4 Å². The van der Waals surface area contributed by atoms with Gasteiger partial charge in [-0.25, -0.2) is 4.79 Å². The number of phenolic OH excluding ortho intramolecular Hbond substituents is 2. The number of carboxylic acids is 1. The summed E-state index contributed by atoms with van der Waals surface area (Å²) in [5.74, 6) is -19.1. The third-order valence-corrected chi connectivity index (χ3v) is 18.1. The van der Waals surface area contributed by atoms with Gasteiger partial charge in [-0.05, 0) is 98.5 Å². The fraction of sp³-hybridized carbons (Fsp3) is 0.467. The fourth-order valence-corrected chi connectivity index (χ4v) is 11.4. The molecule has 0 unspecified atom stereocenters. The van der Waals surface area contributed by atoms with E-state index in [2.05, 4.69) is 87.1 Å². The Labute approximate surface area is 677 Å². The number of phenols is 2. The molecule has 4 aromatic rings. The van der Waals surface area contributed by atoms with Gasteiger partial charge in [0.15, 0.2) is 0 Å². The van der Waals surface area contributed by atoms with Gasteiger partial charge in [-0.3, -0.25) is 71.9 Å². The van der Waals surface area contributed by atoms with Crippen molar-refractivity contribution in [1.29, 1.82) is 0 Å². The Morgan fingerprint density at radius 3 is 1.19 bits per heavy atom. The number of carbonyl (C=O) groups is 16. The third kappa shape index (κ3) is 33.4.